The first-order chi connectivity index (χ1) is 8.71. The van der Waals surface area contributed by atoms with E-state index in [1.807, 2.05) is 6.07 Å². The molecule has 1 heterocycles. The van der Waals surface area contributed by atoms with Crippen LogP contribution in [0.4, 0.5) is 0 Å². The highest BCUT2D eigenvalue weighted by Gasteiger charge is 2.04. The summed E-state index contributed by atoms with van der Waals surface area (Å²) in [6.45, 7) is 0.398. The van der Waals surface area contributed by atoms with Gasteiger partial charge >= 0.3 is 6.01 Å². The lowest BCUT2D eigenvalue weighted by Crippen LogP contribution is -1.98. The van der Waals surface area contributed by atoms with Gasteiger partial charge in [0.2, 0.25) is 0 Å². The van der Waals surface area contributed by atoms with E-state index in [1.165, 1.54) is 12.4 Å². The number of rotatable bonds is 4. The molecule has 0 amide bonds. The Labute approximate surface area is 110 Å². The van der Waals surface area contributed by atoms with Crippen molar-refractivity contribution in [3.8, 4) is 17.5 Å². The minimum absolute atomic E-state index is 0.218. The lowest BCUT2D eigenvalue weighted by atomic mass is 10.2. The Morgan fingerprint density at radius 1 is 1.17 bits per heavy atom. The molecule has 0 saturated carbocycles. The molecule has 0 unspecified atom stereocenters. The highest BCUT2D eigenvalue weighted by atomic mass is 35.5. The Bertz CT molecular complexity index is 509. The monoisotopic (exact) mass is 265 g/mol. The van der Waals surface area contributed by atoms with Gasteiger partial charge in [0.05, 0.1) is 24.5 Å². The van der Waals surface area contributed by atoms with E-state index in [0.717, 1.165) is 5.56 Å². The summed E-state index contributed by atoms with van der Waals surface area (Å²) >= 11 is 5.69. The fourth-order valence-corrected chi connectivity index (χ4v) is 1.48. The standard InChI is InChI=1S/C12H12ClN3O2/c1-17-10-2-8(5-14)3-11(4-10)18-12-15-6-9(13)7-16-12/h2-4,6-7H,5,14H2,1H3. The predicted octanol–water partition coefficient (Wildman–Crippen LogP) is 2.39. The van der Waals surface area contributed by atoms with E-state index < -0.39 is 0 Å². The maximum absolute atomic E-state index is 5.69. The van der Waals surface area contributed by atoms with Crippen LogP contribution in [0.1, 0.15) is 5.56 Å². The van der Waals surface area contributed by atoms with Crippen LogP contribution < -0.4 is 15.2 Å². The largest absolute Gasteiger partial charge is 0.497 e. The SMILES string of the molecule is COc1cc(CN)cc(Oc2ncc(Cl)cn2)c1. The van der Waals surface area contributed by atoms with Gasteiger partial charge in [-0.1, -0.05) is 11.6 Å². The number of aromatic nitrogens is 2. The Morgan fingerprint density at radius 2 is 1.83 bits per heavy atom. The summed E-state index contributed by atoms with van der Waals surface area (Å²) in [5.41, 5.74) is 6.50. The third-order valence-electron chi connectivity index (χ3n) is 2.22. The van der Waals surface area contributed by atoms with Crippen molar-refractivity contribution in [2.45, 2.75) is 6.54 Å². The number of nitrogens with two attached hydrogens (primary N) is 1. The molecule has 18 heavy (non-hydrogen) atoms. The van der Waals surface area contributed by atoms with Crippen LogP contribution in [0.25, 0.3) is 0 Å². The van der Waals surface area contributed by atoms with Crippen LogP contribution in [-0.4, -0.2) is 17.1 Å². The van der Waals surface area contributed by atoms with E-state index in [0.29, 0.717) is 23.1 Å². The van der Waals surface area contributed by atoms with Crippen molar-refractivity contribution < 1.29 is 9.47 Å². The van der Waals surface area contributed by atoms with Crippen LogP contribution in [-0.2, 0) is 6.54 Å². The molecule has 6 heteroatoms. The average Bonchev–Trinajstić information content (AvgIpc) is 2.41. The molecule has 0 aliphatic rings. The second-order valence-corrected chi connectivity index (χ2v) is 3.94. The molecule has 0 fully saturated rings. The highest BCUT2D eigenvalue weighted by Crippen LogP contribution is 2.25. The van der Waals surface area contributed by atoms with Crippen LogP contribution in [0.3, 0.4) is 0 Å². The van der Waals surface area contributed by atoms with Gasteiger partial charge in [-0.2, -0.15) is 0 Å². The zero-order valence-corrected chi connectivity index (χ0v) is 10.5. The number of halogens is 1. The number of methoxy groups -OCH3 is 1. The number of hydrogen-bond donors (Lipinski definition) is 1. The van der Waals surface area contributed by atoms with Gasteiger partial charge in [-0.25, -0.2) is 9.97 Å². The molecule has 1 aromatic carbocycles. The van der Waals surface area contributed by atoms with E-state index in [-0.39, 0.29) is 6.01 Å². The molecule has 0 aliphatic carbocycles. The summed E-state index contributed by atoms with van der Waals surface area (Å²) in [4.78, 5) is 7.89. The number of nitrogens with zero attached hydrogens (tertiary/aromatic N) is 2. The van der Waals surface area contributed by atoms with Crippen LogP contribution in [0.2, 0.25) is 5.02 Å². The van der Waals surface area contributed by atoms with E-state index in [2.05, 4.69) is 9.97 Å². The first kappa shape index (κ1) is 12.6. The average molecular weight is 266 g/mol. The maximum Gasteiger partial charge on any atom is 0.321 e. The van der Waals surface area contributed by atoms with Gasteiger partial charge < -0.3 is 15.2 Å². The molecule has 0 bridgehead atoms. The number of hydrogen-bond acceptors (Lipinski definition) is 5. The second kappa shape index (κ2) is 5.66. The molecule has 0 atom stereocenters. The zero-order valence-electron chi connectivity index (χ0n) is 9.76. The molecule has 0 spiro atoms. The molecule has 2 N–H and O–H groups in total. The van der Waals surface area contributed by atoms with Gasteiger partial charge in [0, 0.05) is 12.6 Å². The van der Waals surface area contributed by atoms with Gasteiger partial charge in [-0.3, -0.25) is 0 Å². The summed E-state index contributed by atoms with van der Waals surface area (Å²) in [7, 11) is 1.58. The summed E-state index contributed by atoms with van der Waals surface area (Å²) in [6.07, 6.45) is 2.93. The van der Waals surface area contributed by atoms with Crippen molar-refractivity contribution in [2.75, 3.05) is 7.11 Å². The predicted molar refractivity (Wildman–Crippen MR) is 68.0 cm³/mol. The molecule has 0 radical (unpaired) electrons. The molecule has 0 aliphatic heterocycles. The molecule has 5 nitrogen and oxygen atoms in total. The number of benzene rings is 1. The van der Waals surface area contributed by atoms with Gasteiger partial charge in [-0.15, -0.1) is 0 Å². The third-order valence-corrected chi connectivity index (χ3v) is 2.41. The second-order valence-electron chi connectivity index (χ2n) is 3.51. The van der Waals surface area contributed by atoms with Gasteiger partial charge in [0.25, 0.3) is 0 Å². The third kappa shape index (κ3) is 3.09. The lowest BCUT2D eigenvalue weighted by molar-refractivity contribution is 0.403. The van der Waals surface area contributed by atoms with Crippen LogP contribution >= 0.6 is 11.6 Å². The molecule has 0 saturated heterocycles. The Morgan fingerprint density at radius 3 is 2.44 bits per heavy atom. The summed E-state index contributed by atoms with van der Waals surface area (Å²) < 4.78 is 10.7. The van der Waals surface area contributed by atoms with E-state index in [9.17, 15) is 0 Å². The quantitative estimate of drug-likeness (QED) is 0.919. The van der Waals surface area contributed by atoms with Gasteiger partial charge in [0.15, 0.2) is 0 Å². The van der Waals surface area contributed by atoms with Crippen molar-refractivity contribution in [2.24, 2.45) is 5.73 Å². The summed E-state index contributed by atoms with van der Waals surface area (Å²) in [5.74, 6) is 1.24. The zero-order chi connectivity index (χ0) is 13.0. The molecular formula is C12H12ClN3O2. The summed E-state index contributed by atoms with van der Waals surface area (Å²) in [6, 6.07) is 5.60. The minimum Gasteiger partial charge on any atom is -0.497 e. The Hall–Kier alpha value is -1.85. The van der Waals surface area contributed by atoms with Crippen molar-refractivity contribution in [3.05, 3.63) is 41.2 Å². The summed E-state index contributed by atoms with van der Waals surface area (Å²) in [5, 5.41) is 0.454. The molecule has 2 rings (SSSR count). The maximum atomic E-state index is 5.69. The van der Waals surface area contributed by atoms with Crippen molar-refractivity contribution in [1.29, 1.82) is 0 Å². The van der Waals surface area contributed by atoms with Crippen LogP contribution in [0.15, 0.2) is 30.6 Å². The smallest absolute Gasteiger partial charge is 0.321 e. The van der Waals surface area contributed by atoms with Gasteiger partial charge in [0.1, 0.15) is 11.5 Å². The fraction of sp³-hybridized carbons (Fsp3) is 0.167. The van der Waals surface area contributed by atoms with E-state index >= 15 is 0 Å². The fourth-order valence-electron chi connectivity index (χ4n) is 1.38. The molecular weight excluding hydrogens is 254 g/mol. The first-order valence-corrected chi connectivity index (χ1v) is 5.62. The molecule has 1 aromatic heterocycles. The number of ether oxygens (including phenoxy) is 2. The van der Waals surface area contributed by atoms with Gasteiger partial charge in [-0.05, 0) is 17.7 Å². The van der Waals surface area contributed by atoms with E-state index in [1.54, 1.807) is 19.2 Å². The normalized spacial score (nSPS) is 10.2. The Kier molecular flexibility index (Phi) is 3.96. The van der Waals surface area contributed by atoms with Crippen molar-refractivity contribution in [1.82, 2.24) is 9.97 Å². The lowest BCUT2D eigenvalue weighted by Gasteiger charge is -2.08. The van der Waals surface area contributed by atoms with Crippen molar-refractivity contribution >= 4 is 11.6 Å². The van der Waals surface area contributed by atoms with Crippen molar-refractivity contribution in [3.63, 3.8) is 0 Å². The van der Waals surface area contributed by atoms with E-state index in [4.69, 9.17) is 26.8 Å². The minimum atomic E-state index is 0.218. The van der Waals surface area contributed by atoms with Crippen LogP contribution in [0.5, 0.6) is 17.5 Å². The highest BCUT2D eigenvalue weighted by molar-refractivity contribution is 6.30. The first-order valence-electron chi connectivity index (χ1n) is 5.24. The molecule has 94 valence electrons. The topological polar surface area (TPSA) is 70.3 Å². The Balaban J connectivity index is 2.25. The van der Waals surface area contributed by atoms with Crippen LogP contribution in [0, 0.1) is 0 Å². The molecule has 2 aromatic rings.